The number of hydrogen-bond donors (Lipinski definition) is 1. The van der Waals surface area contributed by atoms with Gasteiger partial charge in [-0.2, -0.15) is 0 Å². The fraction of sp³-hybridized carbons (Fsp3) is 0.118. The SMILES string of the molecule is O=C1CCC(=O)N1C(=S)Nc1ccc(-c2ccccc2)cc1. The number of carbonyl (C=O) groups excluding carboxylic acids is 2. The van der Waals surface area contributed by atoms with Crippen molar-refractivity contribution in [2.75, 3.05) is 5.32 Å². The van der Waals surface area contributed by atoms with Crippen molar-refractivity contribution in [1.29, 1.82) is 0 Å². The van der Waals surface area contributed by atoms with E-state index in [1.165, 1.54) is 0 Å². The summed E-state index contributed by atoms with van der Waals surface area (Å²) >= 11 is 5.15. The van der Waals surface area contributed by atoms with Crippen LogP contribution in [0.3, 0.4) is 0 Å². The molecule has 1 aliphatic rings. The maximum Gasteiger partial charge on any atom is 0.236 e. The van der Waals surface area contributed by atoms with E-state index in [1.807, 2.05) is 54.6 Å². The molecule has 0 aromatic heterocycles. The fourth-order valence-electron chi connectivity index (χ4n) is 2.36. The molecule has 110 valence electrons. The van der Waals surface area contributed by atoms with Gasteiger partial charge in [-0.15, -0.1) is 0 Å². The van der Waals surface area contributed by atoms with Crippen LogP contribution in [0.15, 0.2) is 54.6 Å². The minimum atomic E-state index is -0.247. The van der Waals surface area contributed by atoms with Gasteiger partial charge in [-0.3, -0.25) is 9.59 Å². The summed E-state index contributed by atoms with van der Waals surface area (Å²) < 4.78 is 0. The van der Waals surface area contributed by atoms with E-state index in [1.54, 1.807) is 0 Å². The summed E-state index contributed by atoms with van der Waals surface area (Å²) in [5.41, 5.74) is 2.96. The lowest BCUT2D eigenvalue weighted by Crippen LogP contribution is -2.38. The molecule has 1 N–H and O–H groups in total. The van der Waals surface area contributed by atoms with Crippen LogP contribution in [-0.2, 0) is 9.59 Å². The van der Waals surface area contributed by atoms with Gasteiger partial charge in [0.05, 0.1) is 0 Å². The first kappa shape index (κ1) is 14.4. The van der Waals surface area contributed by atoms with E-state index in [0.29, 0.717) is 0 Å². The van der Waals surface area contributed by atoms with Gasteiger partial charge in [-0.1, -0.05) is 42.5 Å². The molecular formula is C17H14N2O2S. The number of rotatable bonds is 2. The highest BCUT2D eigenvalue weighted by molar-refractivity contribution is 7.80. The Morgan fingerprint density at radius 1 is 0.864 bits per heavy atom. The van der Waals surface area contributed by atoms with Crippen LogP contribution >= 0.6 is 12.2 Å². The Morgan fingerprint density at radius 2 is 1.41 bits per heavy atom. The molecule has 22 heavy (non-hydrogen) atoms. The van der Waals surface area contributed by atoms with E-state index < -0.39 is 0 Å². The monoisotopic (exact) mass is 310 g/mol. The van der Waals surface area contributed by atoms with Crippen LogP contribution in [0.4, 0.5) is 5.69 Å². The Labute approximate surface area is 133 Å². The molecule has 0 saturated carbocycles. The van der Waals surface area contributed by atoms with Crippen LogP contribution in [-0.4, -0.2) is 21.8 Å². The number of thiocarbonyl (C=S) groups is 1. The molecule has 4 nitrogen and oxygen atoms in total. The van der Waals surface area contributed by atoms with Crippen LogP contribution in [0.1, 0.15) is 12.8 Å². The van der Waals surface area contributed by atoms with Crippen molar-refractivity contribution in [3.05, 3.63) is 54.6 Å². The quantitative estimate of drug-likeness (QED) is 0.683. The van der Waals surface area contributed by atoms with Crippen molar-refractivity contribution in [1.82, 2.24) is 4.90 Å². The number of benzene rings is 2. The number of imide groups is 1. The molecule has 0 radical (unpaired) electrons. The zero-order valence-corrected chi connectivity index (χ0v) is 12.6. The average Bonchev–Trinajstić information content (AvgIpc) is 2.88. The minimum absolute atomic E-state index is 0.139. The predicted molar refractivity (Wildman–Crippen MR) is 89.2 cm³/mol. The van der Waals surface area contributed by atoms with E-state index in [-0.39, 0.29) is 29.8 Å². The summed E-state index contributed by atoms with van der Waals surface area (Å²) in [6.07, 6.45) is 0.460. The summed E-state index contributed by atoms with van der Waals surface area (Å²) in [7, 11) is 0. The highest BCUT2D eigenvalue weighted by atomic mass is 32.1. The van der Waals surface area contributed by atoms with Crippen LogP contribution in [0, 0.1) is 0 Å². The first-order valence-corrected chi connectivity index (χ1v) is 7.38. The van der Waals surface area contributed by atoms with E-state index >= 15 is 0 Å². The normalized spacial score (nSPS) is 14.3. The third-order valence-corrected chi connectivity index (χ3v) is 3.78. The first-order chi connectivity index (χ1) is 10.6. The van der Waals surface area contributed by atoms with Gasteiger partial charge in [-0.05, 0) is 35.5 Å². The second-order valence-electron chi connectivity index (χ2n) is 5.00. The second kappa shape index (κ2) is 6.07. The molecule has 1 fully saturated rings. The average molecular weight is 310 g/mol. The molecule has 2 aromatic carbocycles. The molecule has 3 rings (SSSR count). The summed E-state index contributed by atoms with van der Waals surface area (Å²) in [4.78, 5) is 24.3. The summed E-state index contributed by atoms with van der Waals surface area (Å²) in [6.45, 7) is 0. The molecule has 1 heterocycles. The van der Waals surface area contributed by atoms with Crippen LogP contribution < -0.4 is 5.32 Å². The van der Waals surface area contributed by atoms with E-state index in [2.05, 4.69) is 5.32 Å². The Balaban J connectivity index is 1.73. The topological polar surface area (TPSA) is 49.4 Å². The smallest absolute Gasteiger partial charge is 0.236 e. The Morgan fingerprint density at radius 3 is 2.00 bits per heavy atom. The highest BCUT2D eigenvalue weighted by Crippen LogP contribution is 2.21. The van der Waals surface area contributed by atoms with Crippen LogP contribution in [0.25, 0.3) is 11.1 Å². The van der Waals surface area contributed by atoms with Gasteiger partial charge in [0.15, 0.2) is 5.11 Å². The van der Waals surface area contributed by atoms with Gasteiger partial charge in [0.25, 0.3) is 0 Å². The molecule has 0 bridgehead atoms. The van der Waals surface area contributed by atoms with Gasteiger partial charge in [0, 0.05) is 18.5 Å². The molecule has 0 aliphatic carbocycles. The standard InChI is InChI=1S/C17H14N2O2S/c20-15-10-11-16(21)19(15)17(22)18-14-8-6-13(7-9-14)12-4-2-1-3-5-12/h1-9H,10-11H2,(H,18,22). The molecular weight excluding hydrogens is 296 g/mol. The van der Waals surface area contributed by atoms with Crippen molar-refractivity contribution < 1.29 is 9.59 Å². The third kappa shape index (κ3) is 2.89. The number of nitrogens with one attached hydrogen (secondary N) is 1. The maximum atomic E-state index is 11.6. The predicted octanol–water partition coefficient (Wildman–Crippen LogP) is 3.20. The number of amides is 2. The summed E-state index contributed by atoms with van der Waals surface area (Å²) in [5, 5.41) is 3.08. The summed E-state index contributed by atoms with van der Waals surface area (Å²) in [6, 6.07) is 17.7. The van der Waals surface area contributed by atoms with E-state index in [0.717, 1.165) is 21.7 Å². The van der Waals surface area contributed by atoms with Crippen molar-refractivity contribution in [3.8, 4) is 11.1 Å². The van der Waals surface area contributed by atoms with Crippen molar-refractivity contribution >= 4 is 34.8 Å². The second-order valence-corrected chi connectivity index (χ2v) is 5.38. The molecule has 0 atom stereocenters. The Kier molecular flexibility index (Phi) is 3.98. The zero-order valence-electron chi connectivity index (χ0n) is 11.8. The first-order valence-electron chi connectivity index (χ1n) is 6.97. The minimum Gasteiger partial charge on any atom is -0.332 e. The number of carbonyl (C=O) groups is 2. The lowest BCUT2D eigenvalue weighted by molar-refractivity contribution is -0.133. The lowest BCUT2D eigenvalue weighted by atomic mass is 10.1. The maximum absolute atomic E-state index is 11.6. The van der Waals surface area contributed by atoms with Crippen molar-refractivity contribution in [3.63, 3.8) is 0 Å². The number of nitrogens with zero attached hydrogens (tertiary/aromatic N) is 1. The van der Waals surface area contributed by atoms with Gasteiger partial charge in [0.2, 0.25) is 11.8 Å². The number of hydrogen-bond acceptors (Lipinski definition) is 3. The number of anilines is 1. The molecule has 5 heteroatoms. The lowest BCUT2D eigenvalue weighted by Gasteiger charge is -2.16. The molecule has 1 aliphatic heterocycles. The van der Waals surface area contributed by atoms with Gasteiger partial charge >= 0.3 is 0 Å². The molecule has 2 amide bonds. The van der Waals surface area contributed by atoms with Crippen LogP contribution in [0.5, 0.6) is 0 Å². The van der Waals surface area contributed by atoms with E-state index in [4.69, 9.17) is 12.2 Å². The Bertz CT molecular complexity index is 710. The molecule has 0 spiro atoms. The Hall–Kier alpha value is -2.53. The molecule has 0 unspecified atom stereocenters. The van der Waals surface area contributed by atoms with Gasteiger partial charge in [0.1, 0.15) is 0 Å². The van der Waals surface area contributed by atoms with Crippen molar-refractivity contribution in [2.24, 2.45) is 0 Å². The highest BCUT2D eigenvalue weighted by Gasteiger charge is 2.32. The van der Waals surface area contributed by atoms with E-state index in [9.17, 15) is 9.59 Å². The third-order valence-electron chi connectivity index (χ3n) is 3.50. The van der Waals surface area contributed by atoms with Gasteiger partial charge in [-0.25, -0.2) is 4.90 Å². The van der Waals surface area contributed by atoms with Gasteiger partial charge < -0.3 is 5.32 Å². The molecule has 1 saturated heterocycles. The molecule has 2 aromatic rings. The van der Waals surface area contributed by atoms with Crippen molar-refractivity contribution in [2.45, 2.75) is 12.8 Å². The fourth-order valence-corrected chi connectivity index (χ4v) is 2.68. The summed E-state index contributed by atoms with van der Waals surface area (Å²) in [5.74, 6) is -0.494. The van der Waals surface area contributed by atoms with Crippen LogP contribution in [0.2, 0.25) is 0 Å². The zero-order chi connectivity index (χ0) is 15.5. The largest absolute Gasteiger partial charge is 0.332 e. The number of likely N-dealkylation sites (tertiary alicyclic amines) is 1.